The molecule has 0 aromatic carbocycles. The van der Waals surface area contributed by atoms with Crippen LogP contribution in [0, 0.1) is 11.8 Å². The highest BCUT2D eigenvalue weighted by molar-refractivity contribution is 5.93. The normalized spacial score (nSPS) is 13.6. The third kappa shape index (κ3) is 9.25. The van der Waals surface area contributed by atoms with Crippen molar-refractivity contribution in [1.82, 2.24) is 0 Å². The molecule has 0 aliphatic rings. The van der Waals surface area contributed by atoms with Crippen LogP contribution >= 0.6 is 0 Å². The largest absolute Gasteiger partial charge is 0.464 e. The Hall–Kier alpha value is -2.16. The molecule has 170 valence electrons. The fourth-order valence-electron chi connectivity index (χ4n) is 1.48. The lowest BCUT2D eigenvalue weighted by molar-refractivity contribution is -0.294. The lowest BCUT2D eigenvalue weighted by atomic mass is 10.1. The van der Waals surface area contributed by atoms with Crippen molar-refractivity contribution in [3.05, 3.63) is 12.2 Å². The van der Waals surface area contributed by atoms with Gasteiger partial charge in [-0.15, -0.1) is 0 Å². The van der Waals surface area contributed by atoms with Crippen LogP contribution < -0.4 is 0 Å². The van der Waals surface area contributed by atoms with Crippen LogP contribution in [0.2, 0.25) is 0 Å². The molecule has 16 heteroatoms. The van der Waals surface area contributed by atoms with E-state index in [1.165, 1.54) is 0 Å². The van der Waals surface area contributed by atoms with E-state index in [2.05, 4.69) is 16.1 Å². The Balaban J connectivity index is 4.80. The van der Waals surface area contributed by atoms with Crippen LogP contribution in [-0.2, 0) is 19.1 Å². The first-order chi connectivity index (χ1) is 12.7. The van der Waals surface area contributed by atoms with Crippen LogP contribution in [0.15, 0.2) is 12.2 Å². The summed E-state index contributed by atoms with van der Waals surface area (Å²) in [6.07, 6.45) is -24.8. The summed E-state index contributed by atoms with van der Waals surface area (Å²) in [5.41, 5.74) is -1.16. The number of hydrogen-bond acceptors (Lipinski definition) is 4. The van der Waals surface area contributed by atoms with E-state index < -0.39 is 73.7 Å². The molecule has 0 fully saturated rings. The first-order valence-electron chi connectivity index (χ1n) is 6.94. The molecule has 0 aliphatic heterocycles. The van der Waals surface area contributed by atoms with Gasteiger partial charge in [0.05, 0.1) is 6.42 Å². The van der Waals surface area contributed by atoms with E-state index >= 15 is 0 Å². The van der Waals surface area contributed by atoms with Crippen molar-refractivity contribution in [2.45, 2.75) is 31.1 Å². The number of alkyl halides is 12. The predicted molar refractivity (Wildman–Crippen MR) is 66.9 cm³/mol. The minimum Gasteiger partial charge on any atom is -0.464 e. The molecular weight excluding hydrogens is 448 g/mol. The molecule has 0 rings (SSSR count). The van der Waals surface area contributed by atoms with Crippen LogP contribution in [-0.4, -0.2) is 49.9 Å². The van der Waals surface area contributed by atoms with Crippen molar-refractivity contribution in [2.24, 2.45) is 11.8 Å². The lowest BCUT2D eigenvalue weighted by Crippen LogP contribution is -2.40. The molecule has 0 saturated carbocycles. The van der Waals surface area contributed by atoms with Crippen LogP contribution in [0.5, 0.6) is 0 Å². The molecular formula is C13H10F12O4. The highest BCUT2D eigenvalue weighted by atomic mass is 19.4. The molecule has 0 spiro atoms. The summed E-state index contributed by atoms with van der Waals surface area (Å²) in [4.78, 5) is 22.5. The van der Waals surface area contributed by atoms with Gasteiger partial charge in [-0.2, -0.15) is 52.7 Å². The smallest absolute Gasteiger partial charge is 0.403 e. The Morgan fingerprint density at radius 1 is 0.655 bits per heavy atom. The number of ether oxygens (including phenoxy) is 2. The van der Waals surface area contributed by atoms with Gasteiger partial charge in [0.1, 0.15) is 13.2 Å². The van der Waals surface area contributed by atoms with E-state index in [0.29, 0.717) is 0 Å². The van der Waals surface area contributed by atoms with Gasteiger partial charge >= 0.3 is 36.6 Å². The predicted octanol–water partition coefficient (Wildman–Crippen LogP) is 4.50. The molecule has 0 aliphatic carbocycles. The van der Waals surface area contributed by atoms with Gasteiger partial charge in [0, 0.05) is 5.57 Å². The Morgan fingerprint density at radius 2 is 0.966 bits per heavy atom. The maximum absolute atomic E-state index is 12.3. The standard InChI is InChI=1S/C13H10F12O4/c1-5(9(27)29-4-7(12(20,21)22)13(23,24)25)2-8(26)28-3-6(10(14,15)16)11(17,18)19/h6-7H,1-4H2. The Bertz CT molecular complexity index is 571. The van der Waals surface area contributed by atoms with Gasteiger partial charge < -0.3 is 9.47 Å². The Morgan fingerprint density at radius 3 is 1.28 bits per heavy atom. The molecule has 29 heavy (non-hydrogen) atoms. The molecule has 0 bridgehead atoms. The van der Waals surface area contributed by atoms with Crippen LogP contribution in [0.25, 0.3) is 0 Å². The van der Waals surface area contributed by atoms with Gasteiger partial charge in [-0.3, -0.25) is 4.79 Å². The monoisotopic (exact) mass is 458 g/mol. The summed E-state index contributed by atoms with van der Waals surface area (Å²) >= 11 is 0. The highest BCUT2D eigenvalue weighted by Gasteiger charge is 2.58. The zero-order chi connectivity index (χ0) is 23.4. The average molecular weight is 458 g/mol. The SMILES string of the molecule is C=C(CC(=O)OCC(C(F)(F)F)C(F)(F)F)C(=O)OCC(C(F)(F)F)C(F)(F)F. The third-order valence-corrected chi connectivity index (χ3v) is 3.02. The molecule has 0 N–H and O–H groups in total. The number of carbonyl (C=O) groups is 2. The molecule has 0 unspecified atom stereocenters. The number of halogens is 12. The quantitative estimate of drug-likeness (QED) is 0.321. The minimum atomic E-state index is -5.84. The van der Waals surface area contributed by atoms with Crippen molar-refractivity contribution < 1.29 is 71.7 Å². The van der Waals surface area contributed by atoms with E-state index in [-0.39, 0.29) is 0 Å². The molecule has 0 aromatic heterocycles. The summed E-state index contributed by atoms with van der Waals surface area (Å²) in [5.74, 6) is -12.0. The maximum Gasteiger partial charge on any atom is 0.403 e. The van der Waals surface area contributed by atoms with E-state index in [0.717, 1.165) is 0 Å². The second kappa shape index (κ2) is 9.11. The number of esters is 2. The van der Waals surface area contributed by atoms with E-state index in [1.54, 1.807) is 0 Å². The molecule has 0 saturated heterocycles. The molecule has 0 radical (unpaired) electrons. The van der Waals surface area contributed by atoms with Gasteiger partial charge in [0.15, 0.2) is 11.8 Å². The summed E-state index contributed by atoms with van der Waals surface area (Å²) in [7, 11) is 0. The molecule has 4 nitrogen and oxygen atoms in total. The van der Waals surface area contributed by atoms with E-state index in [9.17, 15) is 62.3 Å². The molecule has 0 aromatic rings. The van der Waals surface area contributed by atoms with E-state index in [4.69, 9.17) is 0 Å². The minimum absolute atomic E-state index is 1.16. The van der Waals surface area contributed by atoms with Crippen LogP contribution in [0.4, 0.5) is 52.7 Å². The van der Waals surface area contributed by atoms with Crippen molar-refractivity contribution in [1.29, 1.82) is 0 Å². The summed E-state index contributed by atoms with van der Waals surface area (Å²) in [5, 5.41) is 0. The van der Waals surface area contributed by atoms with Crippen molar-refractivity contribution in [2.75, 3.05) is 13.2 Å². The fraction of sp³-hybridized carbons (Fsp3) is 0.692. The number of hydrogen-bond donors (Lipinski definition) is 0. The van der Waals surface area contributed by atoms with E-state index in [1.807, 2.05) is 0 Å². The molecule has 0 heterocycles. The van der Waals surface area contributed by atoms with Gasteiger partial charge in [-0.25, -0.2) is 4.79 Å². The van der Waals surface area contributed by atoms with Crippen molar-refractivity contribution in [3.8, 4) is 0 Å². The summed E-state index contributed by atoms with van der Waals surface area (Å²) in [6.45, 7) is -1.73. The van der Waals surface area contributed by atoms with Crippen LogP contribution in [0.3, 0.4) is 0 Å². The number of rotatable bonds is 7. The van der Waals surface area contributed by atoms with Gasteiger partial charge in [-0.1, -0.05) is 6.58 Å². The first-order valence-corrected chi connectivity index (χ1v) is 6.94. The molecule has 0 amide bonds. The van der Waals surface area contributed by atoms with Gasteiger partial charge in [0.25, 0.3) is 0 Å². The maximum atomic E-state index is 12.3. The topological polar surface area (TPSA) is 52.6 Å². The van der Waals surface area contributed by atoms with Gasteiger partial charge in [0.2, 0.25) is 0 Å². The fourth-order valence-corrected chi connectivity index (χ4v) is 1.48. The molecule has 0 atom stereocenters. The zero-order valence-electron chi connectivity index (χ0n) is 13.7. The number of carbonyl (C=O) groups excluding carboxylic acids is 2. The zero-order valence-corrected chi connectivity index (χ0v) is 13.7. The third-order valence-electron chi connectivity index (χ3n) is 3.02. The van der Waals surface area contributed by atoms with Crippen molar-refractivity contribution >= 4 is 11.9 Å². The second-order valence-electron chi connectivity index (χ2n) is 5.33. The summed E-state index contributed by atoms with van der Waals surface area (Å²) < 4.78 is 154. The first kappa shape index (κ1) is 26.8. The average Bonchev–Trinajstić information content (AvgIpc) is 2.41. The Labute approximate surface area is 153 Å². The van der Waals surface area contributed by atoms with Gasteiger partial charge in [-0.05, 0) is 0 Å². The highest BCUT2D eigenvalue weighted by Crippen LogP contribution is 2.40. The van der Waals surface area contributed by atoms with Crippen molar-refractivity contribution in [3.63, 3.8) is 0 Å². The Kier molecular flexibility index (Phi) is 8.43. The second-order valence-corrected chi connectivity index (χ2v) is 5.33. The lowest BCUT2D eigenvalue weighted by Gasteiger charge is -2.23. The summed E-state index contributed by atoms with van der Waals surface area (Å²) in [6, 6.07) is 0. The van der Waals surface area contributed by atoms with Crippen LogP contribution in [0.1, 0.15) is 6.42 Å².